The number of carbonyl (C=O) groups excluding carboxylic acids is 1. The van der Waals surface area contributed by atoms with Crippen LogP contribution in [0.15, 0.2) is 12.1 Å². The van der Waals surface area contributed by atoms with Crippen molar-refractivity contribution in [1.82, 2.24) is 4.90 Å². The summed E-state index contributed by atoms with van der Waals surface area (Å²) in [5.41, 5.74) is 0.842. The Morgan fingerprint density at radius 1 is 1.21 bits per heavy atom. The molecular weight excluding hydrogens is 266 g/mol. The number of benzene rings is 1. The molecule has 1 N–H and O–H groups in total. The van der Waals surface area contributed by atoms with E-state index in [0.717, 1.165) is 6.07 Å². The number of halogens is 4. The molecule has 0 radical (unpaired) electrons. The number of alkyl halides is 3. The fraction of sp³-hybridized carbons (Fsp3) is 0.417. The molecule has 104 valence electrons. The predicted molar refractivity (Wildman–Crippen MR) is 58.1 cm³/mol. The summed E-state index contributed by atoms with van der Waals surface area (Å²) < 4.78 is 50.2. The third kappa shape index (κ3) is 2.64. The highest BCUT2D eigenvalue weighted by Crippen LogP contribution is 2.29. The second-order valence-corrected chi connectivity index (χ2v) is 4.32. The first-order chi connectivity index (χ1) is 8.80. The minimum Gasteiger partial charge on any atom is -0.505 e. The van der Waals surface area contributed by atoms with Crippen LogP contribution in [0.2, 0.25) is 0 Å². The molecule has 0 saturated heterocycles. The third-order valence-electron chi connectivity index (χ3n) is 3.14. The van der Waals surface area contributed by atoms with Crippen molar-refractivity contribution in [2.24, 2.45) is 0 Å². The minimum atomic E-state index is -4.91. The second-order valence-electron chi connectivity index (χ2n) is 4.32. The number of aromatic hydroxyl groups is 1. The van der Waals surface area contributed by atoms with E-state index in [0.29, 0.717) is 10.5 Å². The molecule has 0 bridgehead atoms. The fourth-order valence-corrected chi connectivity index (χ4v) is 2.16. The normalized spacial score (nSPS) is 15.9. The van der Waals surface area contributed by atoms with E-state index in [2.05, 4.69) is 0 Å². The number of fused-ring (bicyclic) bond motifs is 1. The number of carbonyl (C=O) groups is 1. The summed E-state index contributed by atoms with van der Waals surface area (Å²) >= 11 is 0. The number of phenols is 1. The van der Waals surface area contributed by atoms with Crippen molar-refractivity contribution in [2.75, 3.05) is 13.1 Å². The van der Waals surface area contributed by atoms with E-state index >= 15 is 0 Å². The first-order valence-corrected chi connectivity index (χ1v) is 5.66. The van der Waals surface area contributed by atoms with Gasteiger partial charge in [0.25, 0.3) is 0 Å². The lowest BCUT2D eigenvalue weighted by Crippen LogP contribution is -2.42. The van der Waals surface area contributed by atoms with Gasteiger partial charge in [-0.05, 0) is 24.5 Å². The van der Waals surface area contributed by atoms with Crippen molar-refractivity contribution in [3.63, 3.8) is 0 Å². The Labute approximate surface area is 106 Å². The summed E-state index contributed by atoms with van der Waals surface area (Å²) in [7, 11) is 0. The highest BCUT2D eigenvalue weighted by molar-refractivity contribution is 5.82. The van der Waals surface area contributed by atoms with Crippen molar-refractivity contribution < 1.29 is 27.5 Å². The highest BCUT2D eigenvalue weighted by atomic mass is 19.4. The molecule has 2 rings (SSSR count). The molecule has 0 aromatic heterocycles. The Balaban J connectivity index is 2.22. The Morgan fingerprint density at radius 3 is 2.47 bits per heavy atom. The number of hydrogen-bond acceptors (Lipinski definition) is 2. The predicted octanol–water partition coefficient (Wildman–Crippen LogP) is 2.02. The van der Waals surface area contributed by atoms with Crippen LogP contribution >= 0.6 is 0 Å². The van der Waals surface area contributed by atoms with Gasteiger partial charge in [0.2, 0.25) is 0 Å². The van der Waals surface area contributed by atoms with Crippen molar-refractivity contribution in [3.05, 3.63) is 29.1 Å². The number of rotatable bonds is 0. The van der Waals surface area contributed by atoms with Crippen LogP contribution in [0.1, 0.15) is 11.1 Å². The standard InChI is InChI=1S/C12H11F4NO2/c13-9-2-1-7-3-5-17(11(19)12(14,15)16)6-4-8(7)10(9)18/h1-2,18H,3-6H2. The Morgan fingerprint density at radius 2 is 1.84 bits per heavy atom. The van der Waals surface area contributed by atoms with Crippen molar-refractivity contribution >= 4 is 5.91 Å². The van der Waals surface area contributed by atoms with E-state index in [-0.39, 0.29) is 31.5 Å². The van der Waals surface area contributed by atoms with Gasteiger partial charge in [0, 0.05) is 18.7 Å². The summed E-state index contributed by atoms with van der Waals surface area (Å²) in [6.07, 6.45) is -4.75. The number of nitrogens with zero attached hydrogens (tertiary/aromatic N) is 1. The minimum absolute atomic E-state index is 0.000741. The maximum absolute atomic E-state index is 13.2. The van der Waals surface area contributed by atoms with E-state index in [9.17, 15) is 27.5 Å². The Hall–Kier alpha value is -1.79. The summed E-state index contributed by atoms with van der Waals surface area (Å²) in [5.74, 6) is -3.26. The second kappa shape index (κ2) is 4.71. The van der Waals surface area contributed by atoms with E-state index in [4.69, 9.17) is 0 Å². The average Bonchev–Trinajstić information content (AvgIpc) is 2.54. The van der Waals surface area contributed by atoms with Crippen molar-refractivity contribution in [1.29, 1.82) is 0 Å². The maximum atomic E-state index is 13.2. The molecule has 0 unspecified atom stereocenters. The SMILES string of the molecule is O=C(N1CCc2ccc(F)c(O)c2CC1)C(F)(F)F. The van der Waals surface area contributed by atoms with Crippen LogP contribution in [0.4, 0.5) is 17.6 Å². The van der Waals surface area contributed by atoms with Gasteiger partial charge in [0.05, 0.1) is 0 Å². The van der Waals surface area contributed by atoms with Gasteiger partial charge in [0.1, 0.15) is 0 Å². The molecule has 0 saturated carbocycles. The molecule has 1 aromatic rings. The zero-order valence-corrected chi connectivity index (χ0v) is 9.80. The van der Waals surface area contributed by atoms with Crippen LogP contribution < -0.4 is 0 Å². The molecule has 0 aliphatic carbocycles. The van der Waals surface area contributed by atoms with Crippen LogP contribution in [0, 0.1) is 5.82 Å². The summed E-state index contributed by atoms with van der Waals surface area (Å²) in [6.45, 7) is -0.293. The molecule has 3 nitrogen and oxygen atoms in total. The third-order valence-corrected chi connectivity index (χ3v) is 3.14. The smallest absolute Gasteiger partial charge is 0.471 e. The van der Waals surface area contributed by atoms with Gasteiger partial charge in [0.15, 0.2) is 11.6 Å². The monoisotopic (exact) mass is 277 g/mol. The largest absolute Gasteiger partial charge is 0.505 e. The van der Waals surface area contributed by atoms with Crippen molar-refractivity contribution in [2.45, 2.75) is 19.0 Å². The maximum Gasteiger partial charge on any atom is 0.471 e. The van der Waals surface area contributed by atoms with Gasteiger partial charge < -0.3 is 10.0 Å². The molecule has 1 aliphatic rings. The van der Waals surface area contributed by atoms with E-state index in [1.54, 1.807) is 0 Å². The fourth-order valence-electron chi connectivity index (χ4n) is 2.16. The van der Waals surface area contributed by atoms with Crippen LogP contribution in [-0.4, -0.2) is 35.2 Å². The molecule has 0 atom stereocenters. The van der Waals surface area contributed by atoms with Crippen LogP contribution in [0.25, 0.3) is 0 Å². The van der Waals surface area contributed by atoms with Gasteiger partial charge in [-0.1, -0.05) is 6.07 Å². The Kier molecular flexibility index (Phi) is 3.38. The number of phenolic OH excluding ortho intramolecular Hbond substituents is 1. The summed E-state index contributed by atoms with van der Waals surface area (Å²) in [6, 6.07) is 2.49. The number of amides is 1. The van der Waals surface area contributed by atoms with E-state index in [1.165, 1.54) is 6.07 Å². The lowest BCUT2D eigenvalue weighted by Gasteiger charge is -2.21. The summed E-state index contributed by atoms with van der Waals surface area (Å²) in [4.78, 5) is 11.8. The van der Waals surface area contributed by atoms with Gasteiger partial charge in [-0.3, -0.25) is 4.79 Å². The van der Waals surface area contributed by atoms with Crippen LogP contribution in [-0.2, 0) is 17.6 Å². The molecule has 1 amide bonds. The van der Waals surface area contributed by atoms with Gasteiger partial charge in [-0.25, -0.2) is 4.39 Å². The molecule has 19 heavy (non-hydrogen) atoms. The van der Waals surface area contributed by atoms with Crippen molar-refractivity contribution in [3.8, 4) is 5.75 Å². The topological polar surface area (TPSA) is 40.5 Å². The van der Waals surface area contributed by atoms with Gasteiger partial charge in [-0.2, -0.15) is 13.2 Å². The molecule has 0 spiro atoms. The van der Waals surface area contributed by atoms with Gasteiger partial charge >= 0.3 is 12.1 Å². The molecular formula is C12H11F4NO2. The molecule has 1 aliphatic heterocycles. The van der Waals surface area contributed by atoms with E-state index in [1.807, 2.05) is 0 Å². The lowest BCUT2D eigenvalue weighted by molar-refractivity contribution is -0.185. The number of hydrogen-bond donors (Lipinski definition) is 1. The lowest BCUT2D eigenvalue weighted by atomic mass is 10.0. The van der Waals surface area contributed by atoms with Crippen LogP contribution in [0.5, 0.6) is 5.75 Å². The first kappa shape index (κ1) is 13.6. The zero-order chi connectivity index (χ0) is 14.2. The molecule has 7 heteroatoms. The molecule has 0 fully saturated rings. The zero-order valence-electron chi connectivity index (χ0n) is 9.80. The van der Waals surface area contributed by atoms with E-state index < -0.39 is 23.7 Å². The van der Waals surface area contributed by atoms with Crippen LogP contribution in [0.3, 0.4) is 0 Å². The summed E-state index contributed by atoms with van der Waals surface area (Å²) in [5, 5.41) is 9.55. The molecule has 1 heterocycles. The quantitative estimate of drug-likeness (QED) is 0.737. The Bertz CT molecular complexity index is 513. The highest BCUT2D eigenvalue weighted by Gasteiger charge is 2.42. The van der Waals surface area contributed by atoms with Gasteiger partial charge in [-0.15, -0.1) is 0 Å². The molecule has 1 aromatic carbocycles. The first-order valence-electron chi connectivity index (χ1n) is 5.66. The average molecular weight is 277 g/mol.